The molecule has 8 heteroatoms. The number of nitrogens with zero attached hydrogens (tertiary/aromatic N) is 1. The van der Waals surface area contributed by atoms with Crippen LogP contribution in [0.2, 0.25) is 5.02 Å². The molecule has 2 atom stereocenters. The number of benzene rings is 2. The summed E-state index contributed by atoms with van der Waals surface area (Å²) in [6.07, 6.45) is -1.20. The molecule has 2 rings (SSSR count). The molecule has 0 aliphatic carbocycles. The number of aryl methyl sites for hydroxylation is 1. The van der Waals surface area contributed by atoms with Gasteiger partial charge in [0, 0.05) is 18.6 Å². The monoisotopic (exact) mass is 410 g/mol. The molecule has 0 fully saturated rings. The van der Waals surface area contributed by atoms with E-state index in [1.54, 1.807) is 43.4 Å². The van der Waals surface area contributed by atoms with E-state index in [4.69, 9.17) is 11.6 Å². The summed E-state index contributed by atoms with van der Waals surface area (Å²) in [5.74, 6) is -0.532. The molecule has 0 heterocycles. The quantitative estimate of drug-likeness (QED) is 0.733. The molecule has 0 bridgehead atoms. The Morgan fingerprint density at radius 2 is 1.70 bits per heavy atom. The highest BCUT2D eigenvalue weighted by molar-refractivity contribution is 7.89. The van der Waals surface area contributed by atoms with E-state index in [2.05, 4.69) is 4.72 Å². The van der Waals surface area contributed by atoms with Gasteiger partial charge in [0.05, 0.1) is 11.0 Å². The van der Waals surface area contributed by atoms with Gasteiger partial charge in [-0.1, -0.05) is 41.4 Å². The highest BCUT2D eigenvalue weighted by atomic mass is 35.5. The SMILES string of the molecule is Cc1ccc(S(=O)(=O)NC(C(=O)N(C)Cc2ccc(Cl)cc2)C(C)O)cc1. The number of likely N-dealkylation sites (N-methyl/N-ethyl adjacent to an activating group) is 1. The summed E-state index contributed by atoms with van der Waals surface area (Å²) in [5, 5.41) is 10.6. The number of carbonyl (C=O) groups excluding carboxylic acids is 1. The Kier molecular flexibility index (Phi) is 7.00. The first-order chi connectivity index (χ1) is 12.6. The van der Waals surface area contributed by atoms with Crippen molar-refractivity contribution < 1.29 is 18.3 Å². The number of amides is 1. The molecule has 1 amide bonds. The maximum absolute atomic E-state index is 12.7. The van der Waals surface area contributed by atoms with Crippen molar-refractivity contribution in [3.63, 3.8) is 0 Å². The fraction of sp³-hybridized carbons (Fsp3) is 0.316. The molecule has 0 aliphatic rings. The van der Waals surface area contributed by atoms with Crippen LogP contribution in [0.4, 0.5) is 0 Å². The zero-order valence-electron chi connectivity index (χ0n) is 15.4. The fourth-order valence-corrected chi connectivity index (χ4v) is 3.88. The molecule has 2 aromatic rings. The second kappa shape index (κ2) is 8.84. The molecular formula is C19H23ClN2O4S. The topological polar surface area (TPSA) is 86.7 Å². The average molecular weight is 411 g/mol. The molecule has 6 nitrogen and oxygen atoms in total. The number of hydrogen-bond donors (Lipinski definition) is 2. The van der Waals surface area contributed by atoms with E-state index >= 15 is 0 Å². The van der Waals surface area contributed by atoms with Crippen LogP contribution in [0, 0.1) is 6.92 Å². The number of halogens is 1. The van der Waals surface area contributed by atoms with Crippen molar-refractivity contribution in [3.05, 3.63) is 64.7 Å². The molecule has 27 heavy (non-hydrogen) atoms. The minimum absolute atomic E-state index is 0.0342. The van der Waals surface area contributed by atoms with Crippen molar-refractivity contribution in [1.82, 2.24) is 9.62 Å². The van der Waals surface area contributed by atoms with Gasteiger partial charge in [0.15, 0.2) is 0 Å². The van der Waals surface area contributed by atoms with Crippen LogP contribution in [-0.4, -0.2) is 43.5 Å². The van der Waals surface area contributed by atoms with Gasteiger partial charge in [-0.3, -0.25) is 4.79 Å². The lowest BCUT2D eigenvalue weighted by atomic mass is 10.1. The van der Waals surface area contributed by atoms with E-state index in [9.17, 15) is 18.3 Å². The summed E-state index contributed by atoms with van der Waals surface area (Å²) in [6, 6.07) is 11.9. The summed E-state index contributed by atoms with van der Waals surface area (Å²) >= 11 is 5.85. The smallest absolute Gasteiger partial charge is 0.243 e. The standard InChI is InChI=1S/C19H23ClN2O4S/c1-13-4-10-17(11-5-13)27(25,26)21-18(14(2)23)19(24)22(3)12-15-6-8-16(20)9-7-15/h4-11,14,18,21,23H,12H2,1-3H3. The Hall–Kier alpha value is -1.93. The van der Waals surface area contributed by atoms with Crippen molar-refractivity contribution in [2.45, 2.75) is 37.4 Å². The molecule has 0 radical (unpaired) electrons. The largest absolute Gasteiger partial charge is 0.391 e. The van der Waals surface area contributed by atoms with Crippen molar-refractivity contribution >= 4 is 27.5 Å². The highest BCUT2D eigenvalue weighted by Crippen LogP contribution is 2.14. The minimum atomic E-state index is -3.95. The lowest BCUT2D eigenvalue weighted by molar-refractivity contribution is -0.134. The van der Waals surface area contributed by atoms with Crippen LogP contribution in [0.3, 0.4) is 0 Å². The summed E-state index contributed by atoms with van der Waals surface area (Å²) in [6.45, 7) is 3.47. The van der Waals surface area contributed by atoms with Crippen LogP contribution in [-0.2, 0) is 21.4 Å². The molecule has 0 spiro atoms. The lowest BCUT2D eigenvalue weighted by Gasteiger charge is -2.26. The number of aliphatic hydroxyl groups excluding tert-OH is 1. The molecule has 2 aromatic carbocycles. The molecule has 0 saturated heterocycles. The first kappa shape index (κ1) is 21.4. The van der Waals surface area contributed by atoms with Crippen molar-refractivity contribution in [2.75, 3.05) is 7.05 Å². The van der Waals surface area contributed by atoms with E-state index < -0.39 is 28.1 Å². The maximum atomic E-state index is 12.7. The summed E-state index contributed by atoms with van der Waals surface area (Å²) in [7, 11) is -2.41. The Morgan fingerprint density at radius 1 is 1.15 bits per heavy atom. The van der Waals surface area contributed by atoms with E-state index in [-0.39, 0.29) is 11.4 Å². The number of rotatable bonds is 7. The van der Waals surface area contributed by atoms with Gasteiger partial charge >= 0.3 is 0 Å². The zero-order valence-corrected chi connectivity index (χ0v) is 17.0. The molecule has 146 valence electrons. The Morgan fingerprint density at radius 3 is 2.22 bits per heavy atom. The second-order valence-electron chi connectivity index (χ2n) is 6.47. The van der Waals surface area contributed by atoms with Gasteiger partial charge in [-0.2, -0.15) is 4.72 Å². The van der Waals surface area contributed by atoms with Crippen LogP contribution < -0.4 is 4.72 Å². The van der Waals surface area contributed by atoms with Gasteiger partial charge in [-0.25, -0.2) is 8.42 Å². The minimum Gasteiger partial charge on any atom is -0.391 e. The van der Waals surface area contributed by atoms with Gasteiger partial charge in [0.1, 0.15) is 6.04 Å². The van der Waals surface area contributed by atoms with E-state index in [1.165, 1.54) is 24.0 Å². The average Bonchev–Trinajstić information content (AvgIpc) is 2.61. The molecule has 0 aliphatic heterocycles. The first-order valence-corrected chi connectivity index (χ1v) is 10.2. The number of carbonyl (C=O) groups is 1. The van der Waals surface area contributed by atoms with Crippen LogP contribution in [0.25, 0.3) is 0 Å². The Labute approximate surface area is 164 Å². The first-order valence-electron chi connectivity index (χ1n) is 8.36. The van der Waals surface area contributed by atoms with Crippen molar-refractivity contribution in [1.29, 1.82) is 0 Å². The third-order valence-corrected chi connectivity index (χ3v) is 5.78. The molecule has 0 aromatic heterocycles. The number of hydrogen-bond acceptors (Lipinski definition) is 4. The fourth-order valence-electron chi connectivity index (χ4n) is 2.49. The molecule has 2 unspecified atom stereocenters. The van der Waals surface area contributed by atoms with Crippen molar-refractivity contribution in [2.24, 2.45) is 0 Å². The molecular weight excluding hydrogens is 388 g/mol. The van der Waals surface area contributed by atoms with E-state index in [1.807, 2.05) is 6.92 Å². The van der Waals surface area contributed by atoms with Gasteiger partial charge in [0.25, 0.3) is 0 Å². The van der Waals surface area contributed by atoms with Gasteiger partial charge in [-0.15, -0.1) is 0 Å². The zero-order chi connectivity index (χ0) is 20.2. The van der Waals surface area contributed by atoms with Crippen LogP contribution >= 0.6 is 11.6 Å². The lowest BCUT2D eigenvalue weighted by Crippen LogP contribution is -2.52. The van der Waals surface area contributed by atoms with Gasteiger partial charge < -0.3 is 10.0 Å². The normalized spacial score (nSPS) is 13.8. The van der Waals surface area contributed by atoms with E-state index in [0.717, 1.165) is 11.1 Å². The van der Waals surface area contributed by atoms with Crippen molar-refractivity contribution in [3.8, 4) is 0 Å². The van der Waals surface area contributed by atoms with Gasteiger partial charge in [0.2, 0.25) is 15.9 Å². The molecule has 2 N–H and O–H groups in total. The van der Waals surface area contributed by atoms with Gasteiger partial charge in [-0.05, 0) is 43.7 Å². The second-order valence-corrected chi connectivity index (χ2v) is 8.62. The maximum Gasteiger partial charge on any atom is 0.243 e. The predicted octanol–water partition coefficient (Wildman–Crippen LogP) is 2.33. The van der Waals surface area contributed by atoms with E-state index in [0.29, 0.717) is 5.02 Å². The number of nitrogens with one attached hydrogen (secondary N) is 1. The van der Waals surface area contributed by atoms with Crippen LogP contribution in [0.5, 0.6) is 0 Å². The number of sulfonamides is 1. The summed E-state index contributed by atoms with van der Waals surface area (Å²) in [4.78, 5) is 14.1. The summed E-state index contributed by atoms with van der Waals surface area (Å²) < 4.78 is 27.5. The van der Waals surface area contributed by atoms with Crippen LogP contribution in [0.1, 0.15) is 18.1 Å². The Bertz CT molecular complexity index is 881. The summed E-state index contributed by atoms with van der Waals surface area (Å²) in [5.41, 5.74) is 1.75. The third kappa shape index (κ3) is 5.77. The third-order valence-electron chi connectivity index (χ3n) is 4.07. The predicted molar refractivity (Wildman–Crippen MR) is 105 cm³/mol. The highest BCUT2D eigenvalue weighted by Gasteiger charge is 2.31. The Balaban J connectivity index is 2.16. The number of aliphatic hydroxyl groups is 1. The molecule has 0 saturated carbocycles. The van der Waals surface area contributed by atoms with Crippen LogP contribution in [0.15, 0.2) is 53.4 Å².